The largest absolute Gasteiger partial charge is 0.372 e. The lowest BCUT2D eigenvalue weighted by molar-refractivity contribution is 0.0402. The van der Waals surface area contributed by atoms with Crippen molar-refractivity contribution in [2.45, 2.75) is 38.5 Å². The van der Waals surface area contributed by atoms with Gasteiger partial charge in [-0.05, 0) is 19.8 Å². The highest BCUT2D eigenvalue weighted by atomic mass is 16.5. The van der Waals surface area contributed by atoms with Crippen LogP contribution in [0.15, 0.2) is 12.4 Å². The van der Waals surface area contributed by atoms with Crippen LogP contribution in [0, 0.1) is 6.92 Å². The average Bonchev–Trinajstić information content (AvgIpc) is 2.77. The van der Waals surface area contributed by atoms with Crippen LogP contribution in [0.5, 0.6) is 0 Å². The smallest absolute Gasteiger partial charge is 0.105 e. The number of nitrogens with two attached hydrogens (primary N) is 1. The van der Waals surface area contributed by atoms with Gasteiger partial charge in [0.25, 0.3) is 0 Å². The first-order valence-corrected chi connectivity index (χ1v) is 5.13. The van der Waals surface area contributed by atoms with Gasteiger partial charge in [-0.15, -0.1) is 0 Å². The maximum atomic E-state index is 5.77. The normalized spacial score (nSPS) is 27.0. The highest BCUT2D eigenvalue weighted by molar-refractivity contribution is 4.90. The highest BCUT2D eigenvalue weighted by Crippen LogP contribution is 2.20. The minimum absolute atomic E-state index is 0.267. The summed E-state index contributed by atoms with van der Waals surface area (Å²) in [5.41, 5.74) is 5.56. The number of imidazole rings is 1. The summed E-state index contributed by atoms with van der Waals surface area (Å²) in [6, 6.07) is 0. The molecule has 0 aromatic carbocycles. The van der Waals surface area contributed by atoms with E-state index in [1.807, 2.05) is 19.3 Å². The molecule has 1 fully saturated rings. The third-order valence-corrected chi connectivity index (χ3v) is 2.78. The summed E-state index contributed by atoms with van der Waals surface area (Å²) in [5.74, 6) is 1.05. The van der Waals surface area contributed by atoms with Crippen molar-refractivity contribution in [3.63, 3.8) is 0 Å². The van der Waals surface area contributed by atoms with E-state index < -0.39 is 0 Å². The van der Waals surface area contributed by atoms with E-state index in [4.69, 9.17) is 10.5 Å². The van der Waals surface area contributed by atoms with Crippen molar-refractivity contribution < 1.29 is 4.74 Å². The third-order valence-electron chi connectivity index (χ3n) is 2.78. The summed E-state index contributed by atoms with van der Waals surface area (Å²) < 4.78 is 7.89. The molecule has 0 bridgehead atoms. The fourth-order valence-electron chi connectivity index (χ4n) is 1.90. The lowest BCUT2D eigenvalue weighted by Crippen LogP contribution is -2.22. The van der Waals surface area contributed by atoms with E-state index in [0.717, 1.165) is 25.2 Å². The number of aryl methyl sites for hydroxylation is 1. The van der Waals surface area contributed by atoms with Crippen molar-refractivity contribution in [3.05, 3.63) is 18.2 Å². The molecule has 4 nitrogen and oxygen atoms in total. The molecule has 0 spiro atoms. The predicted octanol–water partition coefficient (Wildman–Crippen LogP) is 0.698. The zero-order valence-electron chi connectivity index (χ0n) is 8.52. The van der Waals surface area contributed by atoms with Crippen LogP contribution in [-0.2, 0) is 11.3 Å². The summed E-state index contributed by atoms with van der Waals surface area (Å²) in [6.45, 7) is 3.55. The van der Waals surface area contributed by atoms with Crippen LogP contribution >= 0.6 is 0 Å². The van der Waals surface area contributed by atoms with E-state index >= 15 is 0 Å². The Morgan fingerprint density at radius 3 is 2.93 bits per heavy atom. The number of nitrogens with zero attached hydrogens (tertiary/aromatic N) is 2. The predicted molar refractivity (Wildman–Crippen MR) is 53.9 cm³/mol. The Morgan fingerprint density at radius 1 is 1.57 bits per heavy atom. The number of aromatic nitrogens is 2. The lowest BCUT2D eigenvalue weighted by Gasteiger charge is -2.13. The molecule has 2 heterocycles. The van der Waals surface area contributed by atoms with Crippen molar-refractivity contribution >= 4 is 0 Å². The summed E-state index contributed by atoms with van der Waals surface area (Å²) in [6.07, 6.45) is 6.60. The maximum Gasteiger partial charge on any atom is 0.105 e. The van der Waals surface area contributed by atoms with E-state index in [-0.39, 0.29) is 6.10 Å². The molecular weight excluding hydrogens is 178 g/mol. The quantitative estimate of drug-likeness (QED) is 0.772. The van der Waals surface area contributed by atoms with Crippen molar-refractivity contribution in [2.24, 2.45) is 5.73 Å². The van der Waals surface area contributed by atoms with E-state index in [1.165, 1.54) is 0 Å². The first-order chi connectivity index (χ1) is 6.79. The van der Waals surface area contributed by atoms with Gasteiger partial charge in [-0.1, -0.05) is 0 Å². The van der Waals surface area contributed by atoms with Crippen molar-refractivity contribution in [1.29, 1.82) is 0 Å². The van der Waals surface area contributed by atoms with Crippen LogP contribution in [0.4, 0.5) is 0 Å². The van der Waals surface area contributed by atoms with Crippen LogP contribution in [0.1, 0.15) is 18.7 Å². The van der Waals surface area contributed by atoms with Crippen molar-refractivity contribution in [1.82, 2.24) is 9.55 Å². The molecule has 78 valence electrons. The minimum Gasteiger partial charge on any atom is -0.372 e. The molecule has 1 aromatic rings. The van der Waals surface area contributed by atoms with Gasteiger partial charge in [0.15, 0.2) is 0 Å². The van der Waals surface area contributed by atoms with Gasteiger partial charge in [0, 0.05) is 18.9 Å². The first-order valence-electron chi connectivity index (χ1n) is 5.13. The molecule has 1 aliphatic rings. The maximum absolute atomic E-state index is 5.77. The molecule has 0 saturated carbocycles. The third kappa shape index (κ3) is 1.96. The second-order valence-electron chi connectivity index (χ2n) is 3.82. The Labute approximate surface area is 84.1 Å². The molecule has 2 N–H and O–H groups in total. The number of ether oxygens (including phenoxy) is 1. The molecule has 0 radical (unpaired) electrons. The fraction of sp³-hybridized carbons (Fsp3) is 0.700. The van der Waals surface area contributed by atoms with Crippen LogP contribution in [0.25, 0.3) is 0 Å². The first kappa shape index (κ1) is 9.68. The molecule has 1 aromatic heterocycles. The molecule has 4 heteroatoms. The molecule has 1 aliphatic heterocycles. The monoisotopic (exact) mass is 195 g/mol. The summed E-state index contributed by atoms with van der Waals surface area (Å²) in [7, 11) is 0. The van der Waals surface area contributed by atoms with E-state index in [9.17, 15) is 0 Å². The van der Waals surface area contributed by atoms with E-state index in [1.54, 1.807) is 0 Å². The summed E-state index contributed by atoms with van der Waals surface area (Å²) in [5, 5.41) is 0. The zero-order valence-corrected chi connectivity index (χ0v) is 8.52. The molecule has 2 rings (SSSR count). The highest BCUT2D eigenvalue weighted by Gasteiger charge is 2.24. The van der Waals surface area contributed by atoms with Crippen molar-refractivity contribution in [3.8, 4) is 0 Å². The molecule has 1 saturated heterocycles. The molecule has 14 heavy (non-hydrogen) atoms. The molecule has 0 aliphatic carbocycles. The van der Waals surface area contributed by atoms with E-state index in [2.05, 4.69) is 9.55 Å². The van der Waals surface area contributed by atoms with E-state index in [0.29, 0.717) is 12.6 Å². The second-order valence-corrected chi connectivity index (χ2v) is 3.82. The van der Waals surface area contributed by atoms with Crippen LogP contribution in [-0.4, -0.2) is 28.3 Å². The molecule has 0 amide bonds. The Hall–Kier alpha value is -0.870. The van der Waals surface area contributed by atoms with Crippen LogP contribution in [0.2, 0.25) is 0 Å². The Balaban J connectivity index is 1.90. The SMILES string of the molecule is Cc1nccn1CC1CCC(CN)O1. The number of hydrogen-bond acceptors (Lipinski definition) is 3. The standard InChI is InChI=1S/C10H17N3O/c1-8-12-4-5-13(8)7-10-3-2-9(6-11)14-10/h4-5,9-10H,2-3,6-7,11H2,1H3. The second kappa shape index (κ2) is 4.11. The molecule has 2 unspecified atom stereocenters. The van der Waals surface area contributed by atoms with Crippen LogP contribution < -0.4 is 5.73 Å². The Kier molecular flexibility index (Phi) is 2.84. The fourth-order valence-corrected chi connectivity index (χ4v) is 1.90. The summed E-state index contributed by atoms with van der Waals surface area (Å²) in [4.78, 5) is 4.18. The number of rotatable bonds is 3. The van der Waals surface area contributed by atoms with Gasteiger partial charge >= 0.3 is 0 Å². The Morgan fingerprint density at radius 2 is 2.36 bits per heavy atom. The van der Waals surface area contributed by atoms with Gasteiger partial charge in [-0.25, -0.2) is 4.98 Å². The summed E-state index contributed by atoms with van der Waals surface area (Å²) >= 11 is 0. The van der Waals surface area contributed by atoms with Crippen LogP contribution in [0.3, 0.4) is 0 Å². The van der Waals surface area contributed by atoms with Gasteiger partial charge in [-0.3, -0.25) is 0 Å². The molecule has 2 atom stereocenters. The van der Waals surface area contributed by atoms with Crippen molar-refractivity contribution in [2.75, 3.05) is 6.54 Å². The number of hydrogen-bond donors (Lipinski definition) is 1. The van der Waals surface area contributed by atoms with Gasteiger partial charge < -0.3 is 15.0 Å². The van der Waals surface area contributed by atoms with Gasteiger partial charge in [-0.2, -0.15) is 0 Å². The average molecular weight is 195 g/mol. The molecular formula is C10H17N3O. The lowest BCUT2D eigenvalue weighted by atomic mass is 10.2. The van der Waals surface area contributed by atoms with Gasteiger partial charge in [0.2, 0.25) is 0 Å². The van der Waals surface area contributed by atoms with Gasteiger partial charge in [0.1, 0.15) is 5.82 Å². The minimum atomic E-state index is 0.267. The Bertz CT molecular complexity index is 297. The van der Waals surface area contributed by atoms with Gasteiger partial charge in [0.05, 0.1) is 18.8 Å². The topological polar surface area (TPSA) is 53.1 Å². The zero-order chi connectivity index (χ0) is 9.97.